The summed E-state index contributed by atoms with van der Waals surface area (Å²) in [6, 6.07) is 8.48. The highest BCUT2D eigenvalue weighted by Gasteiger charge is 2.11. The first-order chi connectivity index (χ1) is 11.6. The summed E-state index contributed by atoms with van der Waals surface area (Å²) in [5.41, 5.74) is 1.16. The molecule has 3 rings (SSSR count). The van der Waals surface area contributed by atoms with E-state index < -0.39 is 17.5 Å². The van der Waals surface area contributed by atoms with Gasteiger partial charge in [0, 0.05) is 36.8 Å². The lowest BCUT2D eigenvalue weighted by Gasteiger charge is -2.04. The number of aryl methyl sites for hydroxylation is 2. The van der Waals surface area contributed by atoms with Crippen LogP contribution in [0.3, 0.4) is 0 Å². The van der Waals surface area contributed by atoms with E-state index in [2.05, 4.69) is 15.4 Å². The number of pyridine rings is 1. The number of hydrogen-bond donors (Lipinski definition) is 1. The lowest BCUT2D eigenvalue weighted by Crippen LogP contribution is -2.13. The maximum absolute atomic E-state index is 13.2. The Morgan fingerprint density at radius 1 is 1.08 bits per heavy atom. The smallest absolute Gasteiger partial charge is 0.256 e. The molecule has 7 heteroatoms. The van der Waals surface area contributed by atoms with Gasteiger partial charge in [-0.25, -0.2) is 8.78 Å². The van der Waals surface area contributed by atoms with Crippen LogP contribution in [0.25, 0.3) is 0 Å². The van der Waals surface area contributed by atoms with Gasteiger partial charge in [0.15, 0.2) is 17.5 Å². The molecule has 3 aromatic rings. The van der Waals surface area contributed by atoms with Crippen molar-refractivity contribution < 1.29 is 13.6 Å². The first-order valence-corrected chi connectivity index (χ1v) is 7.30. The molecule has 0 atom stereocenters. The Morgan fingerprint density at radius 2 is 1.88 bits per heavy atom. The van der Waals surface area contributed by atoms with Crippen LogP contribution < -0.4 is 5.32 Å². The standard InChI is InChI=1S/C17H14F2N4O/c18-14-2-1-13(11-15(14)19)17(24)21-16-6-10-23(22-16)9-5-12-3-7-20-8-4-12/h1-4,6-8,10-11H,5,9H2,(H,21,22,24). The highest BCUT2D eigenvalue weighted by molar-refractivity contribution is 6.03. The predicted molar refractivity (Wildman–Crippen MR) is 84.5 cm³/mol. The first kappa shape index (κ1) is 15.8. The molecule has 5 nitrogen and oxygen atoms in total. The van der Waals surface area contributed by atoms with Crippen LogP contribution >= 0.6 is 0 Å². The summed E-state index contributed by atoms with van der Waals surface area (Å²) in [5, 5.41) is 6.79. The van der Waals surface area contributed by atoms with E-state index in [1.54, 1.807) is 29.3 Å². The summed E-state index contributed by atoms with van der Waals surface area (Å²) in [5.74, 6) is -2.26. The molecular weight excluding hydrogens is 314 g/mol. The highest BCUT2D eigenvalue weighted by atomic mass is 19.2. The number of anilines is 1. The van der Waals surface area contributed by atoms with Gasteiger partial charge in [0.25, 0.3) is 5.91 Å². The topological polar surface area (TPSA) is 59.8 Å². The molecule has 0 saturated heterocycles. The minimum Gasteiger partial charge on any atom is -0.305 e. The Hall–Kier alpha value is -3.09. The van der Waals surface area contributed by atoms with E-state index in [9.17, 15) is 13.6 Å². The van der Waals surface area contributed by atoms with Crippen LogP contribution in [-0.4, -0.2) is 20.7 Å². The highest BCUT2D eigenvalue weighted by Crippen LogP contribution is 2.11. The van der Waals surface area contributed by atoms with Crippen molar-refractivity contribution in [3.8, 4) is 0 Å². The van der Waals surface area contributed by atoms with Gasteiger partial charge in [0.1, 0.15) is 0 Å². The molecular formula is C17H14F2N4O. The molecule has 1 N–H and O–H groups in total. The quantitative estimate of drug-likeness (QED) is 0.783. The van der Waals surface area contributed by atoms with E-state index in [0.717, 1.165) is 24.1 Å². The Morgan fingerprint density at radius 3 is 2.62 bits per heavy atom. The Bertz CT molecular complexity index is 849. The van der Waals surface area contributed by atoms with Crippen LogP contribution in [-0.2, 0) is 13.0 Å². The number of rotatable bonds is 5. The van der Waals surface area contributed by atoms with E-state index in [-0.39, 0.29) is 5.56 Å². The molecule has 0 bridgehead atoms. The molecule has 122 valence electrons. The molecule has 0 spiro atoms. The zero-order valence-electron chi connectivity index (χ0n) is 12.6. The third-order valence-electron chi connectivity index (χ3n) is 3.44. The lowest BCUT2D eigenvalue weighted by atomic mass is 10.2. The second kappa shape index (κ2) is 6.99. The van der Waals surface area contributed by atoms with Gasteiger partial charge in [0.2, 0.25) is 0 Å². The van der Waals surface area contributed by atoms with Crippen molar-refractivity contribution in [2.24, 2.45) is 0 Å². The van der Waals surface area contributed by atoms with Gasteiger partial charge in [-0.3, -0.25) is 14.5 Å². The van der Waals surface area contributed by atoms with E-state index in [4.69, 9.17) is 0 Å². The first-order valence-electron chi connectivity index (χ1n) is 7.30. The molecule has 2 heterocycles. The molecule has 0 aliphatic rings. The van der Waals surface area contributed by atoms with Crippen LogP contribution in [0.4, 0.5) is 14.6 Å². The number of hydrogen-bond acceptors (Lipinski definition) is 3. The number of nitrogens with zero attached hydrogens (tertiary/aromatic N) is 3. The van der Waals surface area contributed by atoms with Gasteiger partial charge in [-0.1, -0.05) is 0 Å². The fraction of sp³-hybridized carbons (Fsp3) is 0.118. The zero-order chi connectivity index (χ0) is 16.9. The van der Waals surface area contributed by atoms with Gasteiger partial charge in [-0.2, -0.15) is 5.10 Å². The molecule has 1 amide bonds. The molecule has 0 fully saturated rings. The van der Waals surface area contributed by atoms with Crippen molar-refractivity contribution in [2.75, 3.05) is 5.32 Å². The van der Waals surface area contributed by atoms with Crippen molar-refractivity contribution in [2.45, 2.75) is 13.0 Å². The van der Waals surface area contributed by atoms with Gasteiger partial charge in [0.05, 0.1) is 0 Å². The summed E-state index contributed by atoms with van der Waals surface area (Å²) >= 11 is 0. The van der Waals surface area contributed by atoms with E-state index in [1.165, 1.54) is 6.07 Å². The summed E-state index contributed by atoms with van der Waals surface area (Å²) < 4.78 is 27.8. The minimum absolute atomic E-state index is 0.0280. The second-order valence-corrected chi connectivity index (χ2v) is 5.15. The van der Waals surface area contributed by atoms with Crippen molar-refractivity contribution in [1.29, 1.82) is 0 Å². The molecule has 24 heavy (non-hydrogen) atoms. The molecule has 1 aromatic carbocycles. The number of amides is 1. The lowest BCUT2D eigenvalue weighted by molar-refractivity contribution is 0.102. The van der Waals surface area contributed by atoms with Crippen LogP contribution in [0, 0.1) is 11.6 Å². The number of aromatic nitrogens is 3. The third kappa shape index (κ3) is 3.81. The van der Waals surface area contributed by atoms with Gasteiger partial charge in [-0.15, -0.1) is 0 Å². The molecule has 0 radical (unpaired) electrons. The fourth-order valence-corrected chi connectivity index (χ4v) is 2.17. The van der Waals surface area contributed by atoms with E-state index in [1.807, 2.05) is 12.1 Å². The average Bonchev–Trinajstić information content (AvgIpc) is 3.04. The molecule has 2 aromatic heterocycles. The Balaban J connectivity index is 1.61. The van der Waals surface area contributed by atoms with Gasteiger partial charge in [-0.05, 0) is 42.3 Å². The van der Waals surface area contributed by atoms with E-state index >= 15 is 0 Å². The Labute approximate surface area is 137 Å². The summed E-state index contributed by atoms with van der Waals surface area (Å²) in [4.78, 5) is 16.0. The number of benzene rings is 1. The average molecular weight is 328 g/mol. The fourth-order valence-electron chi connectivity index (χ4n) is 2.17. The summed E-state index contributed by atoms with van der Waals surface area (Å²) in [6.07, 6.45) is 5.97. The minimum atomic E-state index is -1.06. The molecule has 0 saturated carbocycles. The largest absolute Gasteiger partial charge is 0.305 e. The maximum atomic E-state index is 13.2. The van der Waals surface area contributed by atoms with Crippen LogP contribution in [0.5, 0.6) is 0 Å². The van der Waals surface area contributed by atoms with Gasteiger partial charge < -0.3 is 5.32 Å². The monoisotopic (exact) mass is 328 g/mol. The number of carbonyl (C=O) groups is 1. The van der Waals surface area contributed by atoms with Crippen LogP contribution in [0.1, 0.15) is 15.9 Å². The van der Waals surface area contributed by atoms with Crippen molar-refractivity contribution in [3.63, 3.8) is 0 Å². The number of halogens is 2. The van der Waals surface area contributed by atoms with Crippen molar-refractivity contribution in [1.82, 2.24) is 14.8 Å². The van der Waals surface area contributed by atoms with Gasteiger partial charge >= 0.3 is 0 Å². The molecule has 0 aliphatic heterocycles. The third-order valence-corrected chi connectivity index (χ3v) is 3.44. The number of nitrogens with one attached hydrogen (secondary N) is 1. The number of carbonyl (C=O) groups excluding carboxylic acids is 1. The Kier molecular flexibility index (Phi) is 4.60. The van der Waals surface area contributed by atoms with Crippen molar-refractivity contribution in [3.05, 3.63) is 77.8 Å². The predicted octanol–water partition coefficient (Wildman–Crippen LogP) is 3.05. The second-order valence-electron chi connectivity index (χ2n) is 5.15. The van der Waals surface area contributed by atoms with Crippen LogP contribution in [0.2, 0.25) is 0 Å². The SMILES string of the molecule is O=C(Nc1ccn(CCc2ccncc2)n1)c1ccc(F)c(F)c1. The summed E-state index contributed by atoms with van der Waals surface area (Å²) in [6.45, 7) is 0.644. The van der Waals surface area contributed by atoms with E-state index in [0.29, 0.717) is 12.4 Å². The zero-order valence-corrected chi connectivity index (χ0v) is 12.6. The summed E-state index contributed by atoms with van der Waals surface area (Å²) in [7, 11) is 0. The van der Waals surface area contributed by atoms with Crippen molar-refractivity contribution >= 4 is 11.7 Å². The molecule has 0 aliphatic carbocycles. The van der Waals surface area contributed by atoms with Crippen LogP contribution in [0.15, 0.2) is 55.0 Å². The normalized spacial score (nSPS) is 10.6. The molecule has 0 unspecified atom stereocenters. The maximum Gasteiger partial charge on any atom is 0.256 e.